The Labute approximate surface area is 440 Å². The molecule has 0 aromatic heterocycles. The highest BCUT2D eigenvalue weighted by atomic mass is 14.4. The van der Waals surface area contributed by atoms with Crippen LogP contribution in [0.25, 0.3) is 33.9 Å². The van der Waals surface area contributed by atoms with Crippen LogP contribution < -0.4 is 0 Å². The Bertz CT molecular complexity index is 2880. The van der Waals surface area contributed by atoms with Crippen molar-refractivity contribution in [1.29, 1.82) is 0 Å². The zero-order valence-corrected chi connectivity index (χ0v) is 47.9. The van der Waals surface area contributed by atoms with Crippen molar-refractivity contribution in [3.05, 3.63) is 247 Å². The van der Waals surface area contributed by atoms with Crippen LogP contribution in [0, 0.1) is 61.3 Å². The van der Waals surface area contributed by atoms with E-state index in [1.807, 2.05) is 38.1 Å². The maximum atomic E-state index is 2.45. The molecule has 0 bridgehead atoms. The van der Waals surface area contributed by atoms with Gasteiger partial charge in [0.15, 0.2) is 0 Å². The molecule has 7 aromatic carbocycles. The normalized spacial score (nSPS) is 15.0. The molecule has 0 heteroatoms. The molecule has 0 aliphatic heterocycles. The lowest BCUT2D eigenvalue weighted by atomic mass is 9.73. The average Bonchev–Trinajstić information content (AvgIpc) is 3.60. The number of benzene rings is 7. The van der Waals surface area contributed by atoms with Crippen molar-refractivity contribution in [3.63, 3.8) is 0 Å². The van der Waals surface area contributed by atoms with Crippen molar-refractivity contribution in [2.75, 3.05) is 0 Å². The molecule has 0 heterocycles. The van der Waals surface area contributed by atoms with E-state index in [2.05, 4.69) is 256 Å². The second kappa shape index (κ2) is 28.1. The molecule has 10 rings (SSSR count). The summed E-state index contributed by atoms with van der Waals surface area (Å²) in [5.41, 5.74) is 28.4. The van der Waals surface area contributed by atoms with E-state index in [1.54, 1.807) is 5.56 Å². The summed E-state index contributed by atoms with van der Waals surface area (Å²) in [6, 6.07) is 52.1. The number of hydrogen-bond donors (Lipinski definition) is 0. The Hall–Kier alpha value is -6.24. The van der Waals surface area contributed by atoms with Crippen molar-refractivity contribution in [2.24, 2.45) is 5.92 Å². The molecular formula is C72H90. The Morgan fingerprint density at radius 1 is 0.514 bits per heavy atom. The maximum Gasteiger partial charge on any atom is 0.0159 e. The highest BCUT2D eigenvalue weighted by Gasteiger charge is 2.38. The Balaban J connectivity index is 0.000000199. The van der Waals surface area contributed by atoms with E-state index in [-0.39, 0.29) is 5.41 Å². The van der Waals surface area contributed by atoms with Crippen LogP contribution in [0.4, 0.5) is 0 Å². The minimum atomic E-state index is 0.113. The van der Waals surface area contributed by atoms with Gasteiger partial charge in [0.05, 0.1) is 0 Å². The van der Waals surface area contributed by atoms with Gasteiger partial charge in [-0.2, -0.15) is 0 Å². The molecule has 3 aliphatic carbocycles. The van der Waals surface area contributed by atoms with Gasteiger partial charge in [-0.25, -0.2) is 0 Å². The molecule has 0 spiro atoms. The number of aryl methyl sites for hydroxylation is 8. The van der Waals surface area contributed by atoms with Gasteiger partial charge in [0.25, 0.3) is 0 Å². The number of allylic oxidation sites excluding steroid dienone is 5. The zero-order valence-electron chi connectivity index (χ0n) is 47.9. The Morgan fingerprint density at radius 3 is 1.58 bits per heavy atom. The summed E-state index contributed by atoms with van der Waals surface area (Å²) < 4.78 is 0. The van der Waals surface area contributed by atoms with Crippen LogP contribution in [0.1, 0.15) is 166 Å². The highest BCUT2D eigenvalue weighted by molar-refractivity contribution is 5.89. The van der Waals surface area contributed by atoms with Gasteiger partial charge >= 0.3 is 0 Å². The topological polar surface area (TPSA) is 0 Å². The summed E-state index contributed by atoms with van der Waals surface area (Å²) >= 11 is 0. The van der Waals surface area contributed by atoms with Crippen molar-refractivity contribution in [1.82, 2.24) is 0 Å². The Morgan fingerprint density at radius 2 is 1.03 bits per heavy atom. The molecule has 0 nitrogen and oxygen atoms in total. The lowest BCUT2D eigenvalue weighted by molar-refractivity contribution is 0.552. The monoisotopic (exact) mass is 955 g/mol. The molecule has 0 saturated carbocycles. The molecule has 378 valence electrons. The van der Waals surface area contributed by atoms with Gasteiger partial charge < -0.3 is 0 Å². The third kappa shape index (κ3) is 15.1. The van der Waals surface area contributed by atoms with Crippen molar-refractivity contribution < 1.29 is 0 Å². The van der Waals surface area contributed by atoms with E-state index in [0.29, 0.717) is 11.8 Å². The second-order valence-corrected chi connectivity index (χ2v) is 20.6. The van der Waals surface area contributed by atoms with Crippen LogP contribution >= 0.6 is 0 Å². The minimum absolute atomic E-state index is 0.113. The summed E-state index contributed by atoms with van der Waals surface area (Å²) in [6.07, 6.45) is 12.7. The van der Waals surface area contributed by atoms with Gasteiger partial charge in [-0.1, -0.05) is 265 Å². The van der Waals surface area contributed by atoms with Gasteiger partial charge in [0.2, 0.25) is 0 Å². The predicted octanol–water partition coefficient (Wildman–Crippen LogP) is 21.4. The van der Waals surface area contributed by atoms with Gasteiger partial charge in [-0.15, -0.1) is 0 Å². The van der Waals surface area contributed by atoms with E-state index >= 15 is 0 Å². The fourth-order valence-electron chi connectivity index (χ4n) is 9.75. The van der Waals surface area contributed by atoms with Crippen LogP contribution in [0.2, 0.25) is 0 Å². The summed E-state index contributed by atoms with van der Waals surface area (Å²) in [5, 5.41) is 0. The zero-order chi connectivity index (χ0) is 53.1. The molecule has 3 aliphatic rings. The lowest BCUT2D eigenvalue weighted by Crippen LogP contribution is -2.16. The van der Waals surface area contributed by atoms with E-state index in [4.69, 9.17) is 0 Å². The summed E-state index contributed by atoms with van der Waals surface area (Å²) in [7, 11) is 0. The molecule has 0 fully saturated rings. The number of rotatable bonds is 2. The molecule has 0 N–H and O–H groups in total. The highest BCUT2D eigenvalue weighted by Crippen LogP contribution is 2.52. The first-order chi connectivity index (χ1) is 34.4. The molecule has 0 amide bonds. The van der Waals surface area contributed by atoms with Crippen molar-refractivity contribution >= 4 is 11.6 Å². The average molecular weight is 956 g/mol. The summed E-state index contributed by atoms with van der Waals surface area (Å²) in [6.45, 7) is 39.3. The third-order valence-corrected chi connectivity index (χ3v) is 14.3. The van der Waals surface area contributed by atoms with Gasteiger partial charge in [-0.3, -0.25) is 0 Å². The van der Waals surface area contributed by atoms with E-state index in [9.17, 15) is 0 Å². The first-order valence-corrected chi connectivity index (χ1v) is 27.0. The van der Waals surface area contributed by atoms with Gasteiger partial charge in [0.1, 0.15) is 0 Å². The SMILES string of the molecule is C/C=C\C1=C(C)C(C)C(C)c2cc(C)ccc21.CC.CCC.Cc1ccc(-c2ccccc2)cc1.Cc1ccc(C)c(C)c1.Cc1ccc2c(c1)C(C)(C)c1cc(C)c3c(c1-2)C=CCC3.Cc1ccccc1. The molecule has 2 unspecified atom stereocenters. The second-order valence-electron chi connectivity index (χ2n) is 20.6. The fraction of sp³-hybridized carbons (Fsp3) is 0.333. The smallest absolute Gasteiger partial charge is 0.0159 e. The van der Waals surface area contributed by atoms with Gasteiger partial charge in [-0.05, 0) is 172 Å². The summed E-state index contributed by atoms with van der Waals surface area (Å²) in [5.74, 6) is 1.26. The first kappa shape index (κ1) is 58.3. The lowest BCUT2D eigenvalue weighted by Gasteiger charge is -2.31. The summed E-state index contributed by atoms with van der Waals surface area (Å²) in [4.78, 5) is 0. The molecule has 7 aromatic rings. The van der Waals surface area contributed by atoms with E-state index in [1.165, 1.54) is 125 Å². The fourth-order valence-corrected chi connectivity index (χ4v) is 9.75. The molecule has 0 saturated heterocycles. The van der Waals surface area contributed by atoms with Crippen LogP contribution in [0.5, 0.6) is 0 Å². The molecule has 72 heavy (non-hydrogen) atoms. The Kier molecular flexibility index (Phi) is 22.8. The molecule has 0 radical (unpaired) electrons. The molecular weight excluding hydrogens is 865 g/mol. The van der Waals surface area contributed by atoms with Crippen molar-refractivity contribution in [2.45, 2.75) is 155 Å². The predicted molar refractivity (Wildman–Crippen MR) is 323 cm³/mol. The first-order valence-electron chi connectivity index (χ1n) is 27.0. The van der Waals surface area contributed by atoms with Crippen LogP contribution in [0.3, 0.4) is 0 Å². The van der Waals surface area contributed by atoms with Crippen molar-refractivity contribution in [3.8, 4) is 22.3 Å². The van der Waals surface area contributed by atoms with Crippen LogP contribution in [-0.2, 0) is 11.8 Å². The standard InChI is InChI=1S/C21H22.C17H22.C13H12.C9H12.C7H8.C3H8.C2H6/c1-13-9-10-17-18(11-13)21(3,4)19-12-14(2)15-7-5-6-8-16(15)20(17)19;1-6-7-15-13(4)12(3)14(5)17-10-11(2)8-9-16(15)17;1-11-7-9-13(10-8-11)12-5-3-2-4-6-12;1-7-4-5-8(2)9(3)6-7;1-7-5-3-2-4-6-7;1-3-2;1-2/h6,8-12H,5,7H2,1-4H3;6-10,12,14H,1-5H3;2-10H,1H3;4-6H,1-3H3;2-6H,1H3;3H2,1-2H3;1-2H3/b;7-6-;;;;;. The van der Waals surface area contributed by atoms with E-state index < -0.39 is 0 Å². The van der Waals surface area contributed by atoms with Crippen LogP contribution in [0.15, 0.2) is 169 Å². The largest absolute Gasteiger partial charge is 0.0870 e. The maximum absolute atomic E-state index is 2.45. The molecule has 2 atom stereocenters. The van der Waals surface area contributed by atoms with Gasteiger partial charge in [0, 0.05) is 5.41 Å². The number of fused-ring (bicyclic) bond motifs is 6. The van der Waals surface area contributed by atoms with Crippen LogP contribution in [-0.4, -0.2) is 0 Å². The quantitative estimate of drug-likeness (QED) is 0.162. The third-order valence-electron chi connectivity index (χ3n) is 14.3. The number of hydrogen-bond acceptors (Lipinski definition) is 0. The minimum Gasteiger partial charge on any atom is -0.0870 e. The van der Waals surface area contributed by atoms with E-state index in [0.717, 1.165) is 0 Å².